The van der Waals surface area contributed by atoms with Gasteiger partial charge in [-0.3, -0.25) is 4.79 Å². The molecule has 0 atom stereocenters. The zero-order valence-corrected chi connectivity index (χ0v) is 10.9. The van der Waals surface area contributed by atoms with E-state index in [9.17, 15) is 4.79 Å². The van der Waals surface area contributed by atoms with Gasteiger partial charge in [0.2, 0.25) is 5.91 Å². The molecule has 3 nitrogen and oxygen atoms in total. The van der Waals surface area contributed by atoms with Crippen molar-refractivity contribution in [2.45, 2.75) is 32.1 Å². The number of piperidine rings is 1. The Hall–Kier alpha value is -1.35. The molecule has 0 saturated carbocycles. The molecule has 3 heteroatoms. The molecule has 96 valence electrons. The van der Waals surface area contributed by atoms with Gasteiger partial charge in [0, 0.05) is 19.2 Å². The van der Waals surface area contributed by atoms with Crippen LogP contribution in [0.15, 0.2) is 18.2 Å². The molecule has 0 bridgehead atoms. The van der Waals surface area contributed by atoms with Crippen LogP contribution in [-0.2, 0) is 11.2 Å². The number of nitrogens with zero attached hydrogens (tertiary/aromatic N) is 1. The Morgan fingerprint density at radius 3 is 2.83 bits per heavy atom. The van der Waals surface area contributed by atoms with Crippen LogP contribution < -0.4 is 10.2 Å². The van der Waals surface area contributed by atoms with E-state index in [1.165, 1.54) is 24.0 Å². The normalized spacial score (nSPS) is 19.9. The Balaban J connectivity index is 1.86. The third-order valence-electron chi connectivity index (χ3n) is 4.19. The number of fused-ring (bicyclic) bond motifs is 1. The van der Waals surface area contributed by atoms with Crippen molar-refractivity contribution in [2.75, 3.05) is 24.5 Å². The second kappa shape index (κ2) is 4.73. The fourth-order valence-electron chi connectivity index (χ4n) is 3.16. The van der Waals surface area contributed by atoms with Gasteiger partial charge in [0.25, 0.3) is 0 Å². The van der Waals surface area contributed by atoms with Crippen LogP contribution >= 0.6 is 0 Å². The second-order valence-electron chi connectivity index (χ2n) is 5.33. The summed E-state index contributed by atoms with van der Waals surface area (Å²) in [5.74, 6) is 0.853. The molecule has 0 unspecified atom stereocenters. The molecule has 2 heterocycles. The predicted octanol–water partition coefficient (Wildman–Crippen LogP) is 2.06. The lowest BCUT2D eigenvalue weighted by Gasteiger charge is -2.24. The molecule has 2 aliphatic heterocycles. The summed E-state index contributed by atoms with van der Waals surface area (Å²) in [6, 6.07) is 6.69. The Labute approximate surface area is 108 Å². The smallest absolute Gasteiger partial charge is 0.223 e. The van der Waals surface area contributed by atoms with Crippen LogP contribution in [0, 0.1) is 0 Å². The van der Waals surface area contributed by atoms with Crippen LogP contribution in [0.3, 0.4) is 0 Å². The molecule has 1 aromatic carbocycles. The Morgan fingerprint density at radius 2 is 2.11 bits per heavy atom. The van der Waals surface area contributed by atoms with Crippen LogP contribution in [0.5, 0.6) is 0 Å². The largest absolute Gasteiger partial charge is 0.317 e. The van der Waals surface area contributed by atoms with Gasteiger partial charge in [0.1, 0.15) is 0 Å². The predicted molar refractivity (Wildman–Crippen MR) is 73.0 cm³/mol. The first kappa shape index (κ1) is 11.7. The molecule has 0 spiro atoms. The minimum atomic E-state index is 0.156. The van der Waals surface area contributed by atoms with E-state index >= 15 is 0 Å². The maximum Gasteiger partial charge on any atom is 0.223 e. The molecule has 1 aromatic rings. The average molecular weight is 244 g/mol. The fraction of sp³-hybridized carbons (Fsp3) is 0.533. The lowest BCUT2D eigenvalue weighted by Crippen LogP contribution is -2.27. The summed E-state index contributed by atoms with van der Waals surface area (Å²) in [4.78, 5) is 13.4. The molecule has 0 aromatic heterocycles. The van der Waals surface area contributed by atoms with Crippen LogP contribution in [0.25, 0.3) is 0 Å². The van der Waals surface area contributed by atoms with Crippen molar-refractivity contribution in [3.63, 3.8) is 0 Å². The summed E-state index contributed by atoms with van der Waals surface area (Å²) in [6.45, 7) is 4.75. The van der Waals surface area contributed by atoms with E-state index in [0.717, 1.165) is 31.7 Å². The van der Waals surface area contributed by atoms with Crippen molar-refractivity contribution < 1.29 is 4.79 Å². The van der Waals surface area contributed by atoms with Gasteiger partial charge in [-0.05, 0) is 55.5 Å². The van der Waals surface area contributed by atoms with E-state index in [1.54, 1.807) is 6.92 Å². The number of benzene rings is 1. The van der Waals surface area contributed by atoms with Gasteiger partial charge in [0.15, 0.2) is 0 Å². The zero-order valence-electron chi connectivity index (χ0n) is 10.9. The fourth-order valence-corrected chi connectivity index (χ4v) is 3.16. The number of carbonyl (C=O) groups is 1. The highest BCUT2D eigenvalue weighted by Gasteiger charge is 2.23. The molecule has 1 N–H and O–H groups in total. The van der Waals surface area contributed by atoms with E-state index < -0.39 is 0 Å². The van der Waals surface area contributed by atoms with Gasteiger partial charge in [-0.1, -0.05) is 12.1 Å². The minimum absolute atomic E-state index is 0.156. The van der Waals surface area contributed by atoms with Crippen molar-refractivity contribution >= 4 is 11.6 Å². The highest BCUT2D eigenvalue weighted by molar-refractivity contribution is 5.93. The molecule has 18 heavy (non-hydrogen) atoms. The SMILES string of the molecule is CC(=O)N1CCc2cc(C3CCNCC3)ccc21. The maximum atomic E-state index is 11.5. The average Bonchev–Trinajstić information content (AvgIpc) is 2.82. The summed E-state index contributed by atoms with van der Waals surface area (Å²) < 4.78 is 0. The van der Waals surface area contributed by atoms with Gasteiger partial charge in [0.05, 0.1) is 0 Å². The summed E-state index contributed by atoms with van der Waals surface area (Å²) in [5.41, 5.74) is 3.93. The standard InChI is InChI=1S/C15H20N2O/c1-11(18)17-9-6-14-10-13(2-3-15(14)17)12-4-7-16-8-5-12/h2-3,10,12,16H,4-9H2,1H3. The van der Waals surface area contributed by atoms with Crippen molar-refractivity contribution in [1.29, 1.82) is 0 Å². The minimum Gasteiger partial charge on any atom is -0.317 e. The van der Waals surface area contributed by atoms with Gasteiger partial charge in [-0.25, -0.2) is 0 Å². The highest BCUT2D eigenvalue weighted by atomic mass is 16.2. The van der Waals surface area contributed by atoms with Crippen LogP contribution in [0.2, 0.25) is 0 Å². The molecule has 2 aliphatic rings. The molecule has 0 aliphatic carbocycles. The topological polar surface area (TPSA) is 32.3 Å². The first-order valence-electron chi connectivity index (χ1n) is 6.87. The Kier molecular flexibility index (Phi) is 3.08. The van der Waals surface area contributed by atoms with E-state index in [-0.39, 0.29) is 5.91 Å². The first-order valence-corrected chi connectivity index (χ1v) is 6.87. The molecular formula is C15H20N2O. The van der Waals surface area contributed by atoms with E-state index in [0.29, 0.717) is 5.92 Å². The first-order chi connectivity index (χ1) is 8.75. The maximum absolute atomic E-state index is 11.5. The lowest BCUT2D eigenvalue weighted by atomic mass is 9.89. The van der Waals surface area contributed by atoms with Gasteiger partial charge in [-0.2, -0.15) is 0 Å². The summed E-state index contributed by atoms with van der Waals surface area (Å²) >= 11 is 0. The quantitative estimate of drug-likeness (QED) is 0.820. The summed E-state index contributed by atoms with van der Waals surface area (Å²) in [6.07, 6.45) is 3.47. The number of anilines is 1. The van der Waals surface area contributed by atoms with Crippen LogP contribution in [0.4, 0.5) is 5.69 Å². The lowest BCUT2D eigenvalue weighted by molar-refractivity contribution is -0.116. The molecule has 0 radical (unpaired) electrons. The number of hydrogen-bond acceptors (Lipinski definition) is 2. The number of amides is 1. The number of nitrogens with one attached hydrogen (secondary N) is 1. The van der Waals surface area contributed by atoms with Gasteiger partial charge >= 0.3 is 0 Å². The molecule has 1 fully saturated rings. The summed E-state index contributed by atoms with van der Waals surface area (Å²) in [7, 11) is 0. The third-order valence-corrected chi connectivity index (χ3v) is 4.19. The van der Waals surface area contributed by atoms with Crippen molar-refractivity contribution in [1.82, 2.24) is 5.32 Å². The highest BCUT2D eigenvalue weighted by Crippen LogP contribution is 2.33. The van der Waals surface area contributed by atoms with E-state index in [2.05, 4.69) is 23.5 Å². The monoisotopic (exact) mass is 244 g/mol. The van der Waals surface area contributed by atoms with E-state index in [1.807, 2.05) is 4.90 Å². The number of hydrogen-bond donors (Lipinski definition) is 1. The van der Waals surface area contributed by atoms with Gasteiger partial charge < -0.3 is 10.2 Å². The molecule has 1 amide bonds. The number of carbonyl (C=O) groups excluding carboxylic acids is 1. The van der Waals surface area contributed by atoms with Crippen LogP contribution in [-0.4, -0.2) is 25.5 Å². The third kappa shape index (κ3) is 2.03. The number of rotatable bonds is 1. The Bertz CT molecular complexity index is 464. The molecule has 1 saturated heterocycles. The van der Waals surface area contributed by atoms with Crippen molar-refractivity contribution in [3.8, 4) is 0 Å². The molecular weight excluding hydrogens is 224 g/mol. The van der Waals surface area contributed by atoms with Crippen LogP contribution in [0.1, 0.15) is 36.8 Å². The van der Waals surface area contributed by atoms with E-state index in [4.69, 9.17) is 0 Å². The Morgan fingerprint density at radius 1 is 1.33 bits per heavy atom. The van der Waals surface area contributed by atoms with Crippen molar-refractivity contribution in [2.24, 2.45) is 0 Å². The summed E-state index contributed by atoms with van der Waals surface area (Å²) in [5, 5.41) is 3.41. The molecule has 3 rings (SSSR count). The van der Waals surface area contributed by atoms with Gasteiger partial charge in [-0.15, -0.1) is 0 Å². The second-order valence-corrected chi connectivity index (χ2v) is 5.33. The zero-order chi connectivity index (χ0) is 12.5. The van der Waals surface area contributed by atoms with Crippen molar-refractivity contribution in [3.05, 3.63) is 29.3 Å².